The molecular formula is C13H19F3N2O. The normalized spacial score (nSPS) is 18.9. The Balaban J connectivity index is 1.82. The lowest BCUT2D eigenvalue weighted by atomic mass is 10.1. The van der Waals surface area contributed by atoms with Crippen LogP contribution in [-0.2, 0) is 6.42 Å². The summed E-state index contributed by atoms with van der Waals surface area (Å²) in [7, 11) is 0. The van der Waals surface area contributed by atoms with Crippen molar-refractivity contribution >= 4 is 0 Å². The molecule has 6 heteroatoms. The van der Waals surface area contributed by atoms with Crippen LogP contribution >= 0.6 is 0 Å². The third kappa shape index (κ3) is 4.53. The number of aromatic nitrogens is 2. The fourth-order valence-corrected chi connectivity index (χ4v) is 2.53. The third-order valence-corrected chi connectivity index (χ3v) is 3.57. The second-order valence-corrected chi connectivity index (χ2v) is 5.24. The second-order valence-electron chi connectivity index (χ2n) is 5.24. The first-order valence-electron chi connectivity index (χ1n) is 6.73. The summed E-state index contributed by atoms with van der Waals surface area (Å²) >= 11 is 0. The minimum atomic E-state index is -4.20. The molecule has 1 fully saturated rings. The lowest BCUT2D eigenvalue weighted by Crippen LogP contribution is -2.17. The molecule has 3 nitrogen and oxygen atoms in total. The molecule has 0 saturated heterocycles. The number of rotatable bonds is 5. The van der Waals surface area contributed by atoms with E-state index in [1.54, 1.807) is 6.07 Å². The fraction of sp³-hybridized carbons (Fsp3) is 0.769. The van der Waals surface area contributed by atoms with E-state index < -0.39 is 18.7 Å². The molecule has 2 rings (SSSR count). The SMILES string of the molecule is OC(CCC(F)(F)F)Cc1ccn(C2CCCC2)n1. The van der Waals surface area contributed by atoms with E-state index in [0.717, 1.165) is 12.8 Å². The van der Waals surface area contributed by atoms with Gasteiger partial charge < -0.3 is 5.11 Å². The van der Waals surface area contributed by atoms with Crippen molar-refractivity contribution in [3.8, 4) is 0 Å². The molecule has 108 valence electrons. The summed E-state index contributed by atoms with van der Waals surface area (Å²) in [6.07, 6.45) is 0.282. The van der Waals surface area contributed by atoms with Gasteiger partial charge in [-0.15, -0.1) is 0 Å². The summed E-state index contributed by atoms with van der Waals surface area (Å²) in [4.78, 5) is 0. The third-order valence-electron chi connectivity index (χ3n) is 3.57. The Bertz CT molecular complexity index is 397. The van der Waals surface area contributed by atoms with Crippen LogP contribution in [0.25, 0.3) is 0 Å². The Labute approximate surface area is 110 Å². The molecule has 0 amide bonds. The standard InChI is InChI=1S/C13H19F3N2O/c14-13(15,16)7-5-12(19)9-10-6-8-18(17-10)11-3-1-2-4-11/h6,8,11-12,19H,1-5,7,9H2. The molecular weight excluding hydrogens is 257 g/mol. The highest BCUT2D eigenvalue weighted by Crippen LogP contribution is 2.29. The van der Waals surface area contributed by atoms with Gasteiger partial charge >= 0.3 is 6.18 Å². The Morgan fingerprint density at radius 2 is 2.05 bits per heavy atom. The van der Waals surface area contributed by atoms with Gasteiger partial charge in [0.15, 0.2) is 0 Å². The average Bonchev–Trinajstić information content (AvgIpc) is 2.94. The minimum absolute atomic E-state index is 0.190. The van der Waals surface area contributed by atoms with Crippen LogP contribution in [0, 0.1) is 0 Å². The smallest absolute Gasteiger partial charge is 0.389 e. The Kier molecular flexibility index (Phi) is 4.50. The lowest BCUT2D eigenvalue weighted by Gasteiger charge is -2.11. The van der Waals surface area contributed by atoms with E-state index in [2.05, 4.69) is 5.10 Å². The summed E-state index contributed by atoms with van der Waals surface area (Å²) < 4.78 is 38.0. The number of halogens is 3. The highest BCUT2D eigenvalue weighted by Gasteiger charge is 2.28. The molecule has 0 spiro atoms. The van der Waals surface area contributed by atoms with Gasteiger partial charge in [0, 0.05) is 19.0 Å². The van der Waals surface area contributed by atoms with Crippen molar-refractivity contribution in [2.45, 2.75) is 63.3 Å². The van der Waals surface area contributed by atoms with E-state index in [9.17, 15) is 18.3 Å². The lowest BCUT2D eigenvalue weighted by molar-refractivity contribution is -0.139. The molecule has 0 aromatic carbocycles. The summed E-state index contributed by atoms with van der Waals surface area (Å²) in [5, 5.41) is 13.9. The topological polar surface area (TPSA) is 38.0 Å². The van der Waals surface area contributed by atoms with Crippen molar-refractivity contribution in [3.63, 3.8) is 0 Å². The van der Waals surface area contributed by atoms with Gasteiger partial charge in [-0.3, -0.25) is 4.68 Å². The summed E-state index contributed by atoms with van der Waals surface area (Å²) in [6.45, 7) is 0. The zero-order valence-electron chi connectivity index (χ0n) is 10.7. The molecule has 19 heavy (non-hydrogen) atoms. The number of aliphatic hydroxyl groups is 1. The van der Waals surface area contributed by atoms with Crippen LogP contribution in [0.15, 0.2) is 12.3 Å². The molecule has 1 atom stereocenters. The Morgan fingerprint density at radius 1 is 1.37 bits per heavy atom. The summed E-state index contributed by atoms with van der Waals surface area (Å²) in [6, 6.07) is 2.20. The monoisotopic (exact) mass is 276 g/mol. The van der Waals surface area contributed by atoms with Crippen molar-refractivity contribution in [2.24, 2.45) is 0 Å². The molecule has 1 saturated carbocycles. The molecule has 0 aliphatic heterocycles. The van der Waals surface area contributed by atoms with Gasteiger partial charge in [-0.25, -0.2) is 0 Å². The van der Waals surface area contributed by atoms with Crippen LogP contribution in [0.1, 0.15) is 50.3 Å². The Morgan fingerprint density at radius 3 is 2.68 bits per heavy atom. The van der Waals surface area contributed by atoms with E-state index >= 15 is 0 Å². The van der Waals surface area contributed by atoms with Crippen LogP contribution in [0.4, 0.5) is 13.2 Å². The molecule has 1 unspecified atom stereocenters. The molecule has 1 aliphatic rings. The van der Waals surface area contributed by atoms with Gasteiger partial charge in [-0.05, 0) is 25.3 Å². The van der Waals surface area contributed by atoms with E-state index in [4.69, 9.17) is 0 Å². The van der Waals surface area contributed by atoms with Crippen LogP contribution in [0.5, 0.6) is 0 Å². The van der Waals surface area contributed by atoms with Gasteiger partial charge in [0.05, 0.1) is 17.8 Å². The maximum absolute atomic E-state index is 12.0. The second kappa shape index (κ2) is 5.94. The zero-order valence-corrected chi connectivity index (χ0v) is 10.7. The number of hydrogen-bond acceptors (Lipinski definition) is 2. The highest BCUT2D eigenvalue weighted by molar-refractivity contribution is 5.01. The van der Waals surface area contributed by atoms with Crippen LogP contribution in [0.3, 0.4) is 0 Å². The molecule has 1 N–H and O–H groups in total. The fourth-order valence-electron chi connectivity index (χ4n) is 2.53. The van der Waals surface area contributed by atoms with Gasteiger partial charge in [0.1, 0.15) is 0 Å². The van der Waals surface area contributed by atoms with Crippen LogP contribution < -0.4 is 0 Å². The summed E-state index contributed by atoms with van der Waals surface area (Å²) in [5.74, 6) is 0. The van der Waals surface area contributed by atoms with E-state index in [1.807, 2.05) is 10.9 Å². The van der Waals surface area contributed by atoms with Crippen molar-refractivity contribution in [2.75, 3.05) is 0 Å². The number of hydrogen-bond donors (Lipinski definition) is 1. The maximum Gasteiger partial charge on any atom is 0.389 e. The van der Waals surface area contributed by atoms with E-state index in [0.29, 0.717) is 11.7 Å². The first-order valence-corrected chi connectivity index (χ1v) is 6.73. The van der Waals surface area contributed by atoms with Gasteiger partial charge in [-0.2, -0.15) is 18.3 Å². The van der Waals surface area contributed by atoms with Crippen molar-refractivity contribution in [3.05, 3.63) is 18.0 Å². The number of aliphatic hydroxyl groups excluding tert-OH is 1. The average molecular weight is 276 g/mol. The first kappa shape index (κ1) is 14.4. The van der Waals surface area contributed by atoms with Crippen LogP contribution in [-0.4, -0.2) is 27.2 Å². The molecule has 1 heterocycles. The van der Waals surface area contributed by atoms with Crippen LogP contribution in [0.2, 0.25) is 0 Å². The predicted octanol–water partition coefficient (Wildman–Crippen LogP) is 3.24. The molecule has 1 aromatic heterocycles. The van der Waals surface area contributed by atoms with Gasteiger partial charge in [0.25, 0.3) is 0 Å². The minimum Gasteiger partial charge on any atom is -0.393 e. The summed E-state index contributed by atoms with van der Waals surface area (Å²) in [5.41, 5.74) is 0.668. The Hall–Kier alpha value is -1.04. The van der Waals surface area contributed by atoms with Crippen molar-refractivity contribution in [1.29, 1.82) is 0 Å². The van der Waals surface area contributed by atoms with Crippen molar-refractivity contribution < 1.29 is 18.3 Å². The van der Waals surface area contributed by atoms with Gasteiger partial charge in [0.2, 0.25) is 0 Å². The predicted molar refractivity (Wildman–Crippen MR) is 64.7 cm³/mol. The van der Waals surface area contributed by atoms with E-state index in [1.165, 1.54) is 12.8 Å². The molecule has 1 aliphatic carbocycles. The maximum atomic E-state index is 12.0. The largest absolute Gasteiger partial charge is 0.393 e. The molecule has 0 bridgehead atoms. The van der Waals surface area contributed by atoms with Gasteiger partial charge in [-0.1, -0.05) is 12.8 Å². The quantitative estimate of drug-likeness (QED) is 0.896. The molecule has 0 radical (unpaired) electrons. The number of alkyl halides is 3. The zero-order chi connectivity index (χ0) is 13.9. The molecule has 1 aromatic rings. The van der Waals surface area contributed by atoms with E-state index in [-0.39, 0.29) is 12.8 Å². The number of nitrogens with zero attached hydrogens (tertiary/aromatic N) is 2. The first-order chi connectivity index (χ1) is 8.94. The highest BCUT2D eigenvalue weighted by atomic mass is 19.4. The van der Waals surface area contributed by atoms with Crippen molar-refractivity contribution in [1.82, 2.24) is 9.78 Å².